The van der Waals surface area contributed by atoms with Crippen LogP contribution in [-0.4, -0.2) is 25.6 Å². The van der Waals surface area contributed by atoms with Crippen LogP contribution in [0.15, 0.2) is 53.9 Å². The number of nitrogens with zero attached hydrogens (tertiary/aromatic N) is 4. The van der Waals surface area contributed by atoms with E-state index in [1.165, 1.54) is 0 Å². The zero-order valence-corrected chi connectivity index (χ0v) is 10.6. The molecule has 0 spiro atoms. The molecule has 0 unspecified atom stereocenters. The molecule has 0 aliphatic carbocycles. The normalized spacial score (nSPS) is 11.9. The summed E-state index contributed by atoms with van der Waals surface area (Å²) in [6.07, 6.45) is 3.37. The Labute approximate surface area is 115 Å². The second kappa shape index (κ2) is 5.00. The van der Waals surface area contributed by atoms with Gasteiger partial charge in [0, 0.05) is 17.8 Å². The molecular formula is C14H13N5O. The van der Waals surface area contributed by atoms with Crippen LogP contribution in [0.1, 0.15) is 11.5 Å². The Kier molecular flexibility index (Phi) is 3.04. The predicted molar refractivity (Wildman–Crippen MR) is 75.6 cm³/mol. The highest BCUT2D eigenvalue weighted by Gasteiger charge is 2.08. The molecule has 3 rings (SSSR count). The first kappa shape index (κ1) is 12.2. The van der Waals surface area contributed by atoms with Gasteiger partial charge in [0.25, 0.3) is 0 Å². The lowest BCUT2D eigenvalue weighted by molar-refractivity contribution is 0.318. The van der Waals surface area contributed by atoms with Gasteiger partial charge in [-0.1, -0.05) is 29.4 Å². The van der Waals surface area contributed by atoms with Crippen molar-refractivity contribution in [3.8, 4) is 0 Å². The van der Waals surface area contributed by atoms with Gasteiger partial charge in [0.1, 0.15) is 0 Å². The van der Waals surface area contributed by atoms with Crippen molar-refractivity contribution in [2.24, 2.45) is 10.9 Å². The summed E-state index contributed by atoms with van der Waals surface area (Å²) in [6, 6.07) is 11.9. The molecule has 0 saturated heterocycles. The van der Waals surface area contributed by atoms with E-state index < -0.39 is 0 Å². The van der Waals surface area contributed by atoms with Gasteiger partial charge in [-0.15, -0.1) is 0 Å². The third-order valence-corrected chi connectivity index (χ3v) is 3.04. The summed E-state index contributed by atoms with van der Waals surface area (Å²) >= 11 is 0. The van der Waals surface area contributed by atoms with Gasteiger partial charge in [-0.05, 0) is 12.1 Å². The number of aromatic nitrogens is 3. The van der Waals surface area contributed by atoms with Crippen LogP contribution in [0, 0.1) is 0 Å². The molecule has 0 aliphatic rings. The molecule has 0 amide bonds. The number of oxime groups is 1. The van der Waals surface area contributed by atoms with Crippen molar-refractivity contribution in [2.75, 3.05) is 0 Å². The van der Waals surface area contributed by atoms with Crippen molar-refractivity contribution in [1.29, 1.82) is 0 Å². The Morgan fingerprint density at radius 2 is 2.10 bits per heavy atom. The number of fused-ring (bicyclic) bond motifs is 1. The van der Waals surface area contributed by atoms with E-state index in [0.29, 0.717) is 12.4 Å². The molecule has 0 aliphatic heterocycles. The minimum atomic E-state index is -0.0178. The second-order valence-electron chi connectivity index (χ2n) is 4.36. The van der Waals surface area contributed by atoms with Gasteiger partial charge in [-0.2, -0.15) is 0 Å². The van der Waals surface area contributed by atoms with Crippen LogP contribution < -0.4 is 5.73 Å². The maximum Gasteiger partial charge on any atom is 0.206 e. The fraction of sp³-hybridized carbons (Fsp3) is 0.0714. The van der Waals surface area contributed by atoms with E-state index in [2.05, 4.69) is 15.1 Å². The predicted octanol–water partition coefficient (Wildman–Crippen LogP) is 1.57. The smallest absolute Gasteiger partial charge is 0.206 e. The van der Waals surface area contributed by atoms with Crippen LogP contribution in [0.4, 0.5) is 0 Å². The summed E-state index contributed by atoms with van der Waals surface area (Å²) in [7, 11) is 0. The van der Waals surface area contributed by atoms with Crippen molar-refractivity contribution >= 4 is 16.7 Å². The zero-order chi connectivity index (χ0) is 13.9. The zero-order valence-electron chi connectivity index (χ0n) is 10.6. The molecule has 3 N–H and O–H groups in total. The fourth-order valence-corrected chi connectivity index (χ4v) is 2.09. The summed E-state index contributed by atoms with van der Waals surface area (Å²) in [6.45, 7) is 0.510. The lowest BCUT2D eigenvalue weighted by Crippen LogP contribution is -2.20. The van der Waals surface area contributed by atoms with Gasteiger partial charge >= 0.3 is 0 Å². The molecule has 100 valence electrons. The topological polar surface area (TPSA) is 89.3 Å². The summed E-state index contributed by atoms with van der Waals surface area (Å²) in [5.74, 6) is 0.401. The van der Waals surface area contributed by atoms with E-state index in [1.54, 1.807) is 17.0 Å². The SMILES string of the molecule is N/C(=N/O)c1nccn1Cc1ccc2ccccc2n1. The molecule has 0 bridgehead atoms. The van der Waals surface area contributed by atoms with Crippen molar-refractivity contribution < 1.29 is 5.21 Å². The Hall–Kier alpha value is -2.89. The fourth-order valence-electron chi connectivity index (χ4n) is 2.09. The van der Waals surface area contributed by atoms with E-state index in [1.807, 2.05) is 36.4 Å². The van der Waals surface area contributed by atoms with Gasteiger partial charge in [0.05, 0.1) is 17.8 Å². The Morgan fingerprint density at radius 1 is 1.25 bits per heavy atom. The van der Waals surface area contributed by atoms with Crippen molar-refractivity contribution in [3.63, 3.8) is 0 Å². The highest BCUT2D eigenvalue weighted by Crippen LogP contribution is 2.13. The number of nitrogens with two attached hydrogens (primary N) is 1. The molecular weight excluding hydrogens is 254 g/mol. The molecule has 2 aromatic heterocycles. The number of imidazole rings is 1. The highest BCUT2D eigenvalue weighted by molar-refractivity contribution is 5.93. The molecule has 1 aromatic carbocycles. The van der Waals surface area contributed by atoms with E-state index >= 15 is 0 Å². The number of para-hydroxylation sites is 1. The van der Waals surface area contributed by atoms with E-state index in [4.69, 9.17) is 10.9 Å². The number of amidine groups is 1. The van der Waals surface area contributed by atoms with Crippen LogP contribution in [0.5, 0.6) is 0 Å². The molecule has 6 heteroatoms. The molecule has 0 saturated carbocycles. The number of benzene rings is 1. The molecule has 20 heavy (non-hydrogen) atoms. The van der Waals surface area contributed by atoms with E-state index in [-0.39, 0.29) is 5.84 Å². The van der Waals surface area contributed by atoms with Crippen molar-refractivity contribution in [1.82, 2.24) is 14.5 Å². The quantitative estimate of drug-likeness (QED) is 0.326. The lowest BCUT2D eigenvalue weighted by Gasteiger charge is -2.07. The molecule has 0 radical (unpaired) electrons. The second-order valence-corrected chi connectivity index (χ2v) is 4.36. The first-order valence-corrected chi connectivity index (χ1v) is 6.11. The third kappa shape index (κ3) is 2.18. The van der Waals surface area contributed by atoms with Gasteiger partial charge in [-0.3, -0.25) is 4.98 Å². The number of pyridine rings is 1. The Bertz CT molecular complexity index is 778. The number of hydrogen-bond donors (Lipinski definition) is 2. The molecule has 2 heterocycles. The molecule has 6 nitrogen and oxygen atoms in total. The van der Waals surface area contributed by atoms with Gasteiger partial charge in [-0.25, -0.2) is 4.98 Å². The average Bonchev–Trinajstić information content (AvgIpc) is 2.94. The van der Waals surface area contributed by atoms with Gasteiger partial charge in [0.2, 0.25) is 5.84 Å². The van der Waals surface area contributed by atoms with Crippen LogP contribution >= 0.6 is 0 Å². The average molecular weight is 267 g/mol. The van der Waals surface area contributed by atoms with Crippen LogP contribution in [-0.2, 0) is 6.54 Å². The van der Waals surface area contributed by atoms with Gasteiger partial charge < -0.3 is 15.5 Å². The lowest BCUT2D eigenvalue weighted by atomic mass is 10.2. The van der Waals surface area contributed by atoms with Crippen LogP contribution in [0.2, 0.25) is 0 Å². The maximum absolute atomic E-state index is 8.73. The number of rotatable bonds is 3. The summed E-state index contributed by atoms with van der Waals surface area (Å²) < 4.78 is 1.78. The summed E-state index contributed by atoms with van der Waals surface area (Å²) in [5.41, 5.74) is 7.40. The Morgan fingerprint density at radius 3 is 2.95 bits per heavy atom. The molecule has 0 atom stereocenters. The van der Waals surface area contributed by atoms with Crippen LogP contribution in [0.3, 0.4) is 0 Å². The largest absolute Gasteiger partial charge is 0.409 e. The molecule has 3 aromatic rings. The minimum Gasteiger partial charge on any atom is -0.409 e. The van der Waals surface area contributed by atoms with E-state index in [0.717, 1.165) is 16.6 Å². The van der Waals surface area contributed by atoms with E-state index in [9.17, 15) is 0 Å². The first-order valence-electron chi connectivity index (χ1n) is 6.11. The minimum absolute atomic E-state index is 0.0178. The highest BCUT2D eigenvalue weighted by atomic mass is 16.4. The molecule has 0 fully saturated rings. The monoisotopic (exact) mass is 267 g/mol. The van der Waals surface area contributed by atoms with Crippen molar-refractivity contribution in [3.05, 3.63) is 60.3 Å². The van der Waals surface area contributed by atoms with Crippen LogP contribution in [0.25, 0.3) is 10.9 Å². The summed E-state index contributed by atoms with van der Waals surface area (Å²) in [4.78, 5) is 8.65. The first-order chi connectivity index (χ1) is 9.78. The van der Waals surface area contributed by atoms with Gasteiger partial charge in [0.15, 0.2) is 5.82 Å². The Balaban J connectivity index is 1.95. The number of hydrogen-bond acceptors (Lipinski definition) is 4. The maximum atomic E-state index is 8.73. The standard InChI is InChI=1S/C14H13N5O/c15-13(18-20)14-16-7-8-19(14)9-11-6-5-10-3-1-2-4-12(10)17-11/h1-8,20H,9H2,(H2,15,18). The van der Waals surface area contributed by atoms with Crippen molar-refractivity contribution in [2.45, 2.75) is 6.54 Å². The summed E-state index contributed by atoms with van der Waals surface area (Å²) in [5, 5.41) is 12.8. The third-order valence-electron chi connectivity index (χ3n) is 3.04.